The molecular formula is C22H20F2N4O3. The zero-order valence-corrected chi connectivity index (χ0v) is 16.6. The first kappa shape index (κ1) is 19.7. The van der Waals surface area contributed by atoms with E-state index in [1.807, 2.05) is 0 Å². The number of hydrogen-bond acceptors (Lipinski definition) is 5. The molecule has 1 aromatic carbocycles. The first-order valence-corrected chi connectivity index (χ1v) is 10.2. The Morgan fingerprint density at radius 2 is 1.81 bits per heavy atom. The lowest BCUT2D eigenvalue weighted by atomic mass is 9.93. The Morgan fingerprint density at radius 3 is 2.48 bits per heavy atom. The maximum atomic E-state index is 14.8. The number of aliphatic hydroxyl groups is 1. The Balaban J connectivity index is 1.28. The number of fused-ring (bicyclic) bond motifs is 1. The lowest BCUT2D eigenvalue weighted by Crippen LogP contribution is -2.53. The SMILES string of the molecule is O=C(c1ccc(C2=NN=C3C2=CC=CC3F)cc1F)N1CCN(C(=O)C2(O)CC2)CC1. The predicted molar refractivity (Wildman–Crippen MR) is 109 cm³/mol. The monoisotopic (exact) mass is 426 g/mol. The second-order valence-corrected chi connectivity index (χ2v) is 8.11. The van der Waals surface area contributed by atoms with Crippen molar-refractivity contribution in [2.24, 2.45) is 10.2 Å². The van der Waals surface area contributed by atoms with Gasteiger partial charge in [-0.2, -0.15) is 5.10 Å². The van der Waals surface area contributed by atoms with E-state index in [0.29, 0.717) is 42.8 Å². The summed E-state index contributed by atoms with van der Waals surface area (Å²) in [6.45, 7) is 1.14. The maximum absolute atomic E-state index is 14.8. The van der Waals surface area contributed by atoms with Crippen molar-refractivity contribution in [1.82, 2.24) is 9.80 Å². The zero-order chi connectivity index (χ0) is 21.8. The molecule has 0 radical (unpaired) electrons. The zero-order valence-electron chi connectivity index (χ0n) is 16.6. The third kappa shape index (κ3) is 3.38. The van der Waals surface area contributed by atoms with Crippen LogP contribution in [0.2, 0.25) is 0 Å². The van der Waals surface area contributed by atoms with Gasteiger partial charge >= 0.3 is 0 Å². The summed E-state index contributed by atoms with van der Waals surface area (Å²) in [4.78, 5) is 28.1. The van der Waals surface area contributed by atoms with Gasteiger partial charge in [0.05, 0.1) is 5.56 Å². The summed E-state index contributed by atoms with van der Waals surface area (Å²) in [5.74, 6) is -1.46. The molecule has 5 rings (SSSR count). The van der Waals surface area contributed by atoms with Crippen LogP contribution in [0.25, 0.3) is 0 Å². The van der Waals surface area contributed by atoms with E-state index in [4.69, 9.17) is 0 Å². The van der Waals surface area contributed by atoms with Crippen LogP contribution in [0.5, 0.6) is 0 Å². The molecule has 2 heterocycles. The molecule has 1 aromatic rings. The molecule has 2 aliphatic carbocycles. The second-order valence-electron chi connectivity index (χ2n) is 8.11. The number of piperazine rings is 1. The molecule has 1 saturated carbocycles. The standard InChI is InChI=1S/C22H20F2N4O3/c23-16-3-1-2-15-18(25-26-19(15)16)13-4-5-14(17(24)12-13)20(29)27-8-10-28(11-9-27)21(30)22(31)6-7-22/h1-5,12,16,31H,6-11H2. The molecule has 1 saturated heterocycles. The average Bonchev–Trinajstić information content (AvgIpc) is 3.37. The minimum atomic E-state index is -1.35. The predicted octanol–water partition coefficient (Wildman–Crippen LogP) is 1.63. The smallest absolute Gasteiger partial charge is 0.256 e. The van der Waals surface area contributed by atoms with E-state index in [1.165, 1.54) is 23.1 Å². The molecule has 1 unspecified atom stereocenters. The van der Waals surface area contributed by atoms with E-state index in [1.54, 1.807) is 23.1 Å². The number of carbonyl (C=O) groups is 2. The van der Waals surface area contributed by atoms with Gasteiger partial charge in [-0.05, 0) is 31.1 Å². The van der Waals surface area contributed by atoms with Crippen LogP contribution in [0.1, 0.15) is 28.8 Å². The van der Waals surface area contributed by atoms with Crippen molar-refractivity contribution in [2.45, 2.75) is 24.6 Å². The molecular weight excluding hydrogens is 406 g/mol. The highest BCUT2D eigenvalue weighted by molar-refractivity contribution is 6.34. The Labute approximate surface area is 177 Å². The van der Waals surface area contributed by atoms with Crippen LogP contribution in [-0.4, -0.2) is 76.1 Å². The molecule has 31 heavy (non-hydrogen) atoms. The topological polar surface area (TPSA) is 85.6 Å². The van der Waals surface area contributed by atoms with Crippen molar-refractivity contribution in [3.8, 4) is 0 Å². The van der Waals surface area contributed by atoms with Gasteiger partial charge in [0.1, 0.15) is 22.8 Å². The summed E-state index contributed by atoms with van der Waals surface area (Å²) in [6, 6.07) is 4.17. The molecule has 160 valence electrons. The summed E-state index contributed by atoms with van der Waals surface area (Å²) in [5, 5.41) is 17.8. The molecule has 2 aliphatic heterocycles. The highest BCUT2D eigenvalue weighted by Crippen LogP contribution is 2.37. The minimum absolute atomic E-state index is 0.0787. The number of rotatable bonds is 3. The molecule has 1 N–H and O–H groups in total. The van der Waals surface area contributed by atoms with Crippen LogP contribution in [0, 0.1) is 5.82 Å². The Morgan fingerprint density at radius 1 is 1.10 bits per heavy atom. The van der Waals surface area contributed by atoms with Crippen LogP contribution in [0.4, 0.5) is 8.78 Å². The van der Waals surface area contributed by atoms with Crippen molar-refractivity contribution in [2.75, 3.05) is 26.2 Å². The number of halogens is 2. The minimum Gasteiger partial charge on any atom is -0.380 e. The van der Waals surface area contributed by atoms with Crippen LogP contribution in [-0.2, 0) is 4.79 Å². The first-order chi connectivity index (χ1) is 14.9. The first-order valence-electron chi connectivity index (χ1n) is 10.2. The van der Waals surface area contributed by atoms with Crippen LogP contribution in [0.3, 0.4) is 0 Å². The fourth-order valence-electron chi connectivity index (χ4n) is 4.00. The molecule has 0 aromatic heterocycles. The van der Waals surface area contributed by atoms with Crippen molar-refractivity contribution in [3.05, 3.63) is 58.9 Å². The number of benzene rings is 1. The number of nitrogens with zero attached hydrogens (tertiary/aromatic N) is 4. The van der Waals surface area contributed by atoms with Crippen molar-refractivity contribution < 1.29 is 23.5 Å². The molecule has 0 spiro atoms. The molecule has 4 aliphatic rings. The highest BCUT2D eigenvalue weighted by Gasteiger charge is 2.50. The molecule has 1 atom stereocenters. The summed E-state index contributed by atoms with van der Waals surface area (Å²) < 4.78 is 28.8. The molecule has 7 nitrogen and oxygen atoms in total. The van der Waals surface area contributed by atoms with Crippen LogP contribution < -0.4 is 0 Å². The molecule has 0 bridgehead atoms. The third-order valence-corrected chi connectivity index (χ3v) is 6.04. The number of carbonyl (C=O) groups excluding carboxylic acids is 2. The van der Waals surface area contributed by atoms with E-state index in [9.17, 15) is 23.5 Å². The average molecular weight is 426 g/mol. The Hall–Kier alpha value is -3.20. The van der Waals surface area contributed by atoms with Gasteiger partial charge in [0.2, 0.25) is 0 Å². The van der Waals surface area contributed by atoms with Gasteiger partial charge < -0.3 is 14.9 Å². The van der Waals surface area contributed by atoms with Gasteiger partial charge in [-0.3, -0.25) is 9.59 Å². The van der Waals surface area contributed by atoms with Gasteiger partial charge in [0, 0.05) is 37.3 Å². The molecule has 2 amide bonds. The number of hydrogen-bond donors (Lipinski definition) is 1. The van der Waals surface area contributed by atoms with Crippen molar-refractivity contribution in [1.29, 1.82) is 0 Å². The van der Waals surface area contributed by atoms with E-state index in [-0.39, 0.29) is 30.3 Å². The lowest BCUT2D eigenvalue weighted by Gasteiger charge is -2.35. The number of amides is 2. The van der Waals surface area contributed by atoms with Gasteiger partial charge in [-0.25, -0.2) is 8.78 Å². The largest absolute Gasteiger partial charge is 0.380 e. The normalized spacial score (nSPS) is 23.7. The summed E-state index contributed by atoms with van der Waals surface area (Å²) in [7, 11) is 0. The maximum Gasteiger partial charge on any atom is 0.256 e. The fourth-order valence-corrected chi connectivity index (χ4v) is 4.00. The van der Waals surface area contributed by atoms with E-state index < -0.39 is 23.5 Å². The quantitative estimate of drug-likeness (QED) is 0.797. The fraction of sp³-hybridized carbons (Fsp3) is 0.364. The summed E-state index contributed by atoms with van der Waals surface area (Å²) >= 11 is 0. The van der Waals surface area contributed by atoms with E-state index in [0.717, 1.165) is 0 Å². The lowest BCUT2D eigenvalue weighted by molar-refractivity contribution is -0.143. The number of allylic oxidation sites excluding steroid dienone is 4. The molecule has 9 heteroatoms. The summed E-state index contributed by atoms with van der Waals surface area (Å²) in [6.07, 6.45) is 4.20. The Kier molecular flexibility index (Phi) is 4.58. The van der Waals surface area contributed by atoms with Crippen molar-refractivity contribution >= 4 is 23.2 Å². The third-order valence-electron chi connectivity index (χ3n) is 6.04. The van der Waals surface area contributed by atoms with E-state index >= 15 is 0 Å². The van der Waals surface area contributed by atoms with Gasteiger partial charge in [-0.1, -0.05) is 18.2 Å². The highest BCUT2D eigenvalue weighted by atomic mass is 19.1. The van der Waals surface area contributed by atoms with Crippen LogP contribution in [0.15, 0.2) is 52.2 Å². The molecule has 2 fully saturated rings. The Bertz CT molecular complexity index is 1100. The number of alkyl halides is 1. The van der Waals surface area contributed by atoms with Crippen LogP contribution >= 0.6 is 0 Å². The van der Waals surface area contributed by atoms with Crippen molar-refractivity contribution in [3.63, 3.8) is 0 Å². The van der Waals surface area contributed by atoms with Gasteiger partial charge in [0.15, 0.2) is 6.17 Å². The summed E-state index contributed by atoms with van der Waals surface area (Å²) in [5.41, 5.74) is 0.171. The van der Waals surface area contributed by atoms with Gasteiger partial charge in [-0.15, -0.1) is 5.10 Å². The van der Waals surface area contributed by atoms with Gasteiger partial charge in [0.25, 0.3) is 11.8 Å². The second kappa shape index (κ2) is 7.19. The van der Waals surface area contributed by atoms with E-state index in [2.05, 4.69) is 10.2 Å².